The predicted octanol–water partition coefficient (Wildman–Crippen LogP) is 5.40. The molecule has 2 aromatic rings. The van der Waals surface area contributed by atoms with E-state index in [-0.39, 0.29) is 17.3 Å². The van der Waals surface area contributed by atoms with Gasteiger partial charge in [0.2, 0.25) is 0 Å². The second kappa shape index (κ2) is 6.21. The molecular formula is C22H26O3. The molecule has 1 fully saturated rings. The molecule has 2 atom stereocenters. The molecule has 0 spiro atoms. The van der Waals surface area contributed by atoms with Crippen LogP contribution in [0.3, 0.4) is 0 Å². The Kier molecular flexibility index (Phi) is 4.36. The molecule has 3 rings (SSSR count). The standard InChI is InChI=1S/C22H26O3/c1-15(2)11-19-21(3,4)22(19,5)20(23)25-18-13-17(24-14-18)12-16-9-7-6-8-10-16/h6-11,13-14,19H,12H2,1-5H3/t19-,22+/m0/s1. The number of carbonyl (C=O) groups excluding carboxylic acids is 1. The Bertz CT molecular complexity index is 794. The predicted molar refractivity (Wildman–Crippen MR) is 98.4 cm³/mol. The molecule has 0 radical (unpaired) electrons. The normalized spacial score (nSPS) is 23.8. The van der Waals surface area contributed by atoms with Crippen LogP contribution in [0, 0.1) is 16.7 Å². The Morgan fingerprint density at radius 1 is 1.20 bits per heavy atom. The molecule has 0 N–H and O–H groups in total. The number of esters is 1. The van der Waals surface area contributed by atoms with Crippen LogP contribution >= 0.6 is 0 Å². The van der Waals surface area contributed by atoms with Crippen molar-refractivity contribution in [1.82, 2.24) is 0 Å². The van der Waals surface area contributed by atoms with Crippen molar-refractivity contribution >= 4 is 5.97 Å². The molecule has 1 heterocycles. The molecule has 0 unspecified atom stereocenters. The highest BCUT2D eigenvalue weighted by Gasteiger charge is 2.72. The van der Waals surface area contributed by atoms with Crippen molar-refractivity contribution in [3.05, 3.63) is 65.6 Å². The average Bonchev–Trinajstić information content (AvgIpc) is 2.88. The summed E-state index contributed by atoms with van der Waals surface area (Å²) in [6.45, 7) is 10.4. The first kappa shape index (κ1) is 17.5. The summed E-state index contributed by atoms with van der Waals surface area (Å²) in [6, 6.07) is 11.9. The molecule has 1 aromatic carbocycles. The zero-order chi connectivity index (χ0) is 18.2. The van der Waals surface area contributed by atoms with Crippen molar-refractivity contribution in [2.45, 2.75) is 41.0 Å². The molecule has 0 amide bonds. The third-order valence-corrected chi connectivity index (χ3v) is 5.64. The van der Waals surface area contributed by atoms with E-state index in [2.05, 4.69) is 33.8 Å². The Morgan fingerprint density at radius 2 is 1.88 bits per heavy atom. The third-order valence-electron chi connectivity index (χ3n) is 5.64. The summed E-state index contributed by atoms with van der Waals surface area (Å²) in [4.78, 5) is 12.8. The van der Waals surface area contributed by atoms with Gasteiger partial charge in [-0.3, -0.25) is 4.79 Å². The lowest BCUT2D eigenvalue weighted by Gasteiger charge is -2.12. The van der Waals surface area contributed by atoms with Gasteiger partial charge in [0.15, 0.2) is 5.75 Å². The van der Waals surface area contributed by atoms with Gasteiger partial charge in [0, 0.05) is 12.5 Å². The van der Waals surface area contributed by atoms with Crippen LogP contribution in [0.1, 0.15) is 45.9 Å². The maximum absolute atomic E-state index is 12.8. The van der Waals surface area contributed by atoms with Crippen LogP contribution in [-0.2, 0) is 11.2 Å². The number of hydrogen-bond acceptors (Lipinski definition) is 3. The number of carbonyl (C=O) groups is 1. The molecular weight excluding hydrogens is 312 g/mol. The number of allylic oxidation sites excluding steroid dienone is 2. The van der Waals surface area contributed by atoms with Crippen LogP contribution in [0.15, 0.2) is 58.7 Å². The number of ether oxygens (including phenoxy) is 1. The van der Waals surface area contributed by atoms with Crippen LogP contribution in [0.2, 0.25) is 0 Å². The molecule has 3 nitrogen and oxygen atoms in total. The zero-order valence-corrected chi connectivity index (χ0v) is 15.6. The van der Waals surface area contributed by atoms with Crippen LogP contribution in [0.5, 0.6) is 5.75 Å². The number of benzene rings is 1. The fourth-order valence-electron chi connectivity index (χ4n) is 3.64. The Balaban J connectivity index is 1.69. The highest BCUT2D eigenvalue weighted by atomic mass is 16.5. The molecule has 1 aromatic heterocycles. The van der Waals surface area contributed by atoms with Gasteiger partial charge in [-0.05, 0) is 37.7 Å². The molecule has 0 aliphatic heterocycles. The van der Waals surface area contributed by atoms with Crippen molar-refractivity contribution in [2.75, 3.05) is 0 Å². The molecule has 1 aliphatic carbocycles. The summed E-state index contributed by atoms with van der Waals surface area (Å²) in [5, 5.41) is 0. The average molecular weight is 338 g/mol. The van der Waals surface area contributed by atoms with Gasteiger partial charge in [0.25, 0.3) is 0 Å². The van der Waals surface area contributed by atoms with Crippen molar-refractivity contribution < 1.29 is 13.9 Å². The summed E-state index contributed by atoms with van der Waals surface area (Å²) in [7, 11) is 0. The van der Waals surface area contributed by atoms with Gasteiger partial charge in [-0.1, -0.05) is 55.8 Å². The van der Waals surface area contributed by atoms with Crippen molar-refractivity contribution in [2.24, 2.45) is 16.7 Å². The highest BCUT2D eigenvalue weighted by molar-refractivity contribution is 5.84. The quantitative estimate of drug-likeness (QED) is 0.541. The monoisotopic (exact) mass is 338 g/mol. The summed E-state index contributed by atoms with van der Waals surface area (Å²) in [5.74, 6) is 1.28. The molecule has 0 bridgehead atoms. The lowest BCUT2D eigenvalue weighted by molar-refractivity contribution is -0.141. The number of furan rings is 1. The van der Waals surface area contributed by atoms with Crippen molar-refractivity contribution in [1.29, 1.82) is 0 Å². The van der Waals surface area contributed by atoms with Gasteiger partial charge in [-0.15, -0.1) is 0 Å². The molecule has 1 aliphatic rings. The fraction of sp³-hybridized carbons (Fsp3) is 0.409. The summed E-state index contributed by atoms with van der Waals surface area (Å²) >= 11 is 0. The maximum atomic E-state index is 12.8. The topological polar surface area (TPSA) is 39.4 Å². The van der Waals surface area contributed by atoms with Crippen LogP contribution < -0.4 is 4.74 Å². The van der Waals surface area contributed by atoms with E-state index in [0.29, 0.717) is 12.2 Å². The molecule has 1 saturated carbocycles. The van der Waals surface area contributed by atoms with Gasteiger partial charge in [-0.25, -0.2) is 0 Å². The minimum atomic E-state index is -0.499. The van der Waals surface area contributed by atoms with E-state index in [9.17, 15) is 4.79 Å². The van der Waals surface area contributed by atoms with Crippen LogP contribution in [0.25, 0.3) is 0 Å². The first-order valence-corrected chi connectivity index (χ1v) is 8.74. The van der Waals surface area contributed by atoms with E-state index >= 15 is 0 Å². The van der Waals surface area contributed by atoms with E-state index < -0.39 is 5.41 Å². The van der Waals surface area contributed by atoms with Crippen molar-refractivity contribution in [3.8, 4) is 5.75 Å². The number of hydrogen-bond donors (Lipinski definition) is 0. The van der Waals surface area contributed by atoms with Gasteiger partial charge in [-0.2, -0.15) is 0 Å². The smallest absolute Gasteiger partial charge is 0.318 e. The highest BCUT2D eigenvalue weighted by Crippen LogP contribution is 2.70. The number of rotatable bonds is 5. The summed E-state index contributed by atoms with van der Waals surface area (Å²) in [5.41, 5.74) is 1.79. The van der Waals surface area contributed by atoms with Gasteiger partial charge >= 0.3 is 5.97 Å². The van der Waals surface area contributed by atoms with E-state index in [1.807, 2.05) is 37.3 Å². The fourth-order valence-corrected chi connectivity index (χ4v) is 3.64. The van der Waals surface area contributed by atoms with Gasteiger partial charge in [0.05, 0.1) is 5.41 Å². The van der Waals surface area contributed by atoms with Gasteiger partial charge in [0.1, 0.15) is 12.0 Å². The molecule has 25 heavy (non-hydrogen) atoms. The Labute approximate surface area is 149 Å². The summed E-state index contributed by atoms with van der Waals surface area (Å²) < 4.78 is 11.2. The molecule has 132 valence electrons. The lowest BCUT2D eigenvalue weighted by Crippen LogP contribution is -2.23. The SMILES string of the molecule is CC(C)=C[C@H]1C(C)(C)[C@@]1(C)C(=O)Oc1coc(Cc2ccccc2)c1. The van der Waals surface area contributed by atoms with E-state index in [4.69, 9.17) is 9.15 Å². The molecule has 0 saturated heterocycles. The van der Waals surface area contributed by atoms with Crippen LogP contribution in [0.4, 0.5) is 0 Å². The van der Waals surface area contributed by atoms with E-state index in [0.717, 1.165) is 11.3 Å². The largest absolute Gasteiger partial charge is 0.465 e. The van der Waals surface area contributed by atoms with Gasteiger partial charge < -0.3 is 9.15 Å². The Hall–Kier alpha value is -2.29. The maximum Gasteiger partial charge on any atom is 0.318 e. The Morgan fingerprint density at radius 3 is 2.52 bits per heavy atom. The second-order valence-corrected chi connectivity index (χ2v) is 7.95. The van der Waals surface area contributed by atoms with Crippen LogP contribution in [-0.4, -0.2) is 5.97 Å². The van der Waals surface area contributed by atoms with E-state index in [1.165, 1.54) is 11.8 Å². The first-order valence-electron chi connectivity index (χ1n) is 8.74. The second-order valence-electron chi connectivity index (χ2n) is 7.95. The first-order chi connectivity index (χ1) is 11.7. The summed E-state index contributed by atoms with van der Waals surface area (Å²) in [6.07, 6.45) is 4.38. The zero-order valence-electron chi connectivity index (χ0n) is 15.6. The minimum Gasteiger partial charge on any atom is -0.465 e. The van der Waals surface area contributed by atoms with Crippen molar-refractivity contribution in [3.63, 3.8) is 0 Å². The minimum absolute atomic E-state index is 0.0992. The third kappa shape index (κ3) is 3.15. The van der Waals surface area contributed by atoms with E-state index in [1.54, 1.807) is 6.07 Å². The molecule has 3 heteroatoms. The lowest BCUT2D eigenvalue weighted by atomic mass is 9.98.